The fourth-order valence-electron chi connectivity index (χ4n) is 2.66. The zero-order valence-electron chi connectivity index (χ0n) is 14.9. The van der Waals surface area contributed by atoms with Gasteiger partial charge in [-0.3, -0.25) is 9.52 Å². The number of halogens is 3. The summed E-state index contributed by atoms with van der Waals surface area (Å²) in [5, 5.41) is 2.68. The lowest BCUT2D eigenvalue weighted by molar-refractivity contribution is -0.274. The Kier molecular flexibility index (Phi) is 5.99. The highest BCUT2D eigenvalue weighted by molar-refractivity contribution is 7.92. The van der Waals surface area contributed by atoms with E-state index in [-0.39, 0.29) is 16.5 Å². The molecule has 0 aliphatic carbocycles. The van der Waals surface area contributed by atoms with Crippen LogP contribution in [0, 0.1) is 0 Å². The van der Waals surface area contributed by atoms with E-state index < -0.39 is 28.2 Å². The normalized spacial score (nSPS) is 17.0. The van der Waals surface area contributed by atoms with E-state index in [2.05, 4.69) is 14.8 Å². The van der Waals surface area contributed by atoms with Gasteiger partial charge in [-0.05, 0) is 61.4 Å². The summed E-state index contributed by atoms with van der Waals surface area (Å²) in [6.45, 7) is 0.544. The Bertz CT molecular complexity index is 954. The first kappa shape index (κ1) is 20.9. The Morgan fingerprint density at radius 3 is 2.21 bits per heavy atom. The molecule has 1 heterocycles. The van der Waals surface area contributed by atoms with E-state index >= 15 is 0 Å². The van der Waals surface area contributed by atoms with Crippen molar-refractivity contribution < 1.29 is 35.9 Å². The van der Waals surface area contributed by atoms with Gasteiger partial charge in [-0.25, -0.2) is 8.42 Å². The number of rotatable bonds is 6. The molecule has 0 spiro atoms. The Labute approximate surface area is 164 Å². The lowest BCUT2D eigenvalue weighted by atomic mass is 10.2. The van der Waals surface area contributed by atoms with Crippen LogP contribution in [0.2, 0.25) is 0 Å². The maximum Gasteiger partial charge on any atom is 0.573 e. The third-order valence-corrected chi connectivity index (χ3v) is 5.39. The molecule has 2 aromatic carbocycles. The van der Waals surface area contributed by atoms with E-state index in [1.807, 2.05) is 0 Å². The number of alkyl halides is 3. The highest BCUT2D eigenvalue weighted by Crippen LogP contribution is 2.25. The van der Waals surface area contributed by atoms with Gasteiger partial charge < -0.3 is 14.8 Å². The van der Waals surface area contributed by atoms with Crippen LogP contribution in [0.25, 0.3) is 0 Å². The largest absolute Gasteiger partial charge is 0.573 e. The highest BCUT2D eigenvalue weighted by Gasteiger charge is 2.31. The van der Waals surface area contributed by atoms with Gasteiger partial charge in [0.1, 0.15) is 11.9 Å². The maximum absolute atomic E-state index is 12.4. The van der Waals surface area contributed by atoms with E-state index in [1.54, 1.807) is 0 Å². The first-order valence-corrected chi connectivity index (χ1v) is 10.0. The van der Waals surface area contributed by atoms with Gasteiger partial charge >= 0.3 is 6.36 Å². The van der Waals surface area contributed by atoms with Crippen LogP contribution in [0.3, 0.4) is 0 Å². The molecule has 3 rings (SSSR count). The van der Waals surface area contributed by atoms with Gasteiger partial charge in [0.2, 0.25) is 0 Å². The number of sulfonamides is 1. The highest BCUT2D eigenvalue weighted by atomic mass is 32.2. The minimum atomic E-state index is -4.86. The number of carbonyl (C=O) groups excluding carboxylic acids is 1. The molecule has 11 heteroatoms. The zero-order chi connectivity index (χ0) is 21.1. The standard InChI is InChI=1S/C18H17F3N2O5S/c19-18(20,21)28-14-7-9-15(10-8-14)29(25,26)23-13-5-3-12(4-6-13)22-17(24)16-2-1-11-27-16/h3-10,16,23H,1-2,11H2,(H,22,24)/t16-/m0/s1. The Hall–Kier alpha value is -2.79. The Balaban J connectivity index is 1.63. The van der Waals surface area contributed by atoms with Crippen molar-refractivity contribution in [1.82, 2.24) is 0 Å². The van der Waals surface area contributed by atoms with Gasteiger partial charge in [-0.1, -0.05) is 0 Å². The van der Waals surface area contributed by atoms with Crippen LogP contribution in [0.1, 0.15) is 12.8 Å². The van der Waals surface area contributed by atoms with Crippen molar-refractivity contribution >= 4 is 27.3 Å². The molecule has 2 aromatic rings. The third kappa shape index (κ3) is 5.84. The second kappa shape index (κ2) is 8.29. The molecule has 7 nitrogen and oxygen atoms in total. The summed E-state index contributed by atoms with van der Waals surface area (Å²) in [5.74, 6) is -0.792. The number of ether oxygens (including phenoxy) is 2. The van der Waals surface area contributed by atoms with Crippen LogP contribution < -0.4 is 14.8 Å². The topological polar surface area (TPSA) is 93.7 Å². The number of anilines is 2. The predicted octanol–water partition coefficient (Wildman–Crippen LogP) is 3.50. The molecule has 1 aliphatic rings. The monoisotopic (exact) mass is 430 g/mol. The van der Waals surface area contributed by atoms with Crippen LogP contribution in [-0.2, 0) is 19.6 Å². The van der Waals surface area contributed by atoms with Gasteiger partial charge in [-0.2, -0.15) is 0 Å². The fourth-order valence-corrected chi connectivity index (χ4v) is 3.72. The molecule has 156 valence electrons. The minimum absolute atomic E-state index is 0.218. The molecule has 2 N–H and O–H groups in total. The minimum Gasteiger partial charge on any atom is -0.406 e. The summed E-state index contributed by atoms with van der Waals surface area (Å²) in [5.41, 5.74) is 0.692. The molecule has 1 amide bonds. The number of hydrogen-bond donors (Lipinski definition) is 2. The summed E-state index contributed by atoms with van der Waals surface area (Å²) < 4.78 is 72.6. The molecule has 0 saturated carbocycles. The summed E-state index contributed by atoms with van der Waals surface area (Å²) in [6.07, 6.45) is -3.88. The summed E-state index contributed by atoms with van der Waals surface area (Å²) in [4.78, 5) is 11.8. The predicted molar refractivity (Wildman–Crippen MR) is 98.0 cm³/mol. The van der Waals surface area contributed by atoms with Crippen molar-refractivity contribution in [3.05, 3.63) is 48.5 Å². The molecule has 0 aromatic heterocycles. The molecule has 0 radical (unpaired) electrons. The average Bonchev–Trinajstić information content (AvgIpc) is 3.17. The number of benzene rings is 2. The van der Waals surface area contributed by atoms with E-state index in [0.717, 1.165) is 30.7 Å². The molecule has 1 saturated heterocycles. The van der Waals surface area contributed by atoms with Crippen LogP contribution in [0.4, 0.5) is 24.5 Å². The summed E-state index contributed by atoms with van der Waals surface area (Å²) in [7, 11) is -4.02. The van der Waals surface area contributed by atoms with Crippen LogP contribution in [0.15, 0.2) is 53.4 Å². The van der Waals surface area contributed by atoms with E-state index in [4.69, 9.17) is 4.74 Å². The number of hydrogen-bond acceptors (Lipinski definition) is 5. The molecular weight excluding hydrogens is 413 g/mol. The van der Waals surface area contributed by atoms with E-state index in [9.17, 15) is 26.4 Å². The Morgan fingerprint density at radius 1 is 1.03 bits per heavy atom. The van der Waals surface area contributed by atoms with Gasteiger partial charge in [0, 0.05) is 18.0 Å². The molecule has 1 aliphatic heterocycles. The second-order valence-corrected chi connectivity index (χ2v) is 7.88. The lowest BCUT2D eigenvalue weighted by Crippen LogP contribution is -2.26. The quantitative estimate of drug-likeness (QED) is 0.732. The van der Waals surface area contributed by atoms with Crippen molar-refractivity contribution in [1.29, 1.82) is 0 Å². The SMILES string of the molecule is O=C(Nc1ccc(NS(=O)(=O)c2ccc(OC(F)(F)F)cc2)cc1)[C@@H]1CCCO1. The van der Waals surface area contributed by atoms with Crippen molar-refractivity contribution in [3.8, 4) is 5.75 Å². The van der Waals surface area contributed by atoms with Crippen molar-refractivity contribution in [2.24, 2.45) is 0 Å². The smallest absolute Gasteiger partial charge is 0.406 e. The maximum atomic E-state index is 12.4. The van der Waals surface area contributed by atoms with Gasteiger partial charge in [0.15, 0.2) is 0 Å². The van der Waals surface area contributed by atoms with Gasteiger partial charge in [0.05, 0.1) is 4.90 Å². The van der Waals surface area contributed by atoms with Crippen molar-refractivity contribution in [2.45, 2.75) is 30.2 Å². The first-order valence-electron chi connectivity index (χ1n) is 8.53. The van der Waals surface area contributed by atoms with E-state index in [0.29, 0.717) is 18.7 Å². The van der Waals surface area contributed by atoms with Gasteiger partial charge in [0.25, 0.3) is 15.9 Å². The molecule has 29 heavy (non-hydrogen) atoms. The van der Waals surface area contributed by atoms with Gasteiger partial charge in [-0.15, -0.1) is 13.2 Å². The molecular formula is C18H17F3N2O5S. The number of carbonyl (C=O) groups is 1. The van der Waals surface area contributed by atoms with Crippen LogP contribution in [-0.4, -0.2) is 33.4 Å². The molecule has 0 bridgehead atoms. The van der Waals surface area contributed by atoms with E-state index in [1.165, 1.54) is 24.3 Å². The second-order valence-electron chi connectivity index (χ2n) is 6.19. The van der Waals surface area contributed by atoms with Crippen LogP contribution >= 0.6 is 0 Å². The third-order valence-electron chi connectivity index (χ3n) is 3.99. The summed E-state index contributed by atoms with van der Waals surface area (Å²) >= 11 is 0. The lowest BCUT2D eigenvalue weighted by Gasteiger charge is -2.12. The molecule has 1 fully saturated rings. The summed E-state index contributed by atoms with van der Waals surface area (Å²) in [6, 6.07) is 9.75. The Morgan fingerprint density at radius 2 is 1.66 bits per heavy atom. The molecule has 0 unspecified atom stereocenters. The number of nitrogens with one attached hydrogen (secondary N) is 2. The average molecular weight is 430 g/mol. The zero-order valence-corrected chi connectivity index (χ0v) is 15.7. The van der Waals surface area contributed by atoms with Crippen molar-refractivity contribution in [2.75, 3.05) is 16.6 Å². The first-order chi connectivity index (χ1) is 13.6. The fraction of sp³-hybridized carbons (Fsp3) is 0.278. The number of amides is 1. The van der Waals surface area contributed by atoms with Crippen LogP contribution in [0.5, 0.6) is 5.75 Å². The molecule has 1 atom stereocenters. The van der Waals surface area contributed by atoms with Crippen molar-refractivity contribution in [3.63, 3.8) is 0 Å².